The highest BCUT2D eigenvalue weighted by Gasteiger charge is 2.22. The molecule has 1 unspecified atom stereocenters. The van der Waals surface area contributed by atoms with Crippen molar-refractivity contribution in [2.24, 2.45) is 0 Å². The fourth-order valence-electron chi connectivity index (χ4n) is 2.14. The molecule has 2 heterocycles. The van der Waals surface area contributed by atoms with Crippen molar-refractivity contribution in [1.29, 1.82) is 0 Å². The third kappa shape index (κ3) is 2.60. The van der Waals surface area contributed by atoms with Gasteiger partial charge in [-0.1, -0.05) is 0 Å². The molecule has 0 saturated heterocycles. The molecule has 2 rings (SSSR count). The smallest absolute Gasteiger partial charge is 0.0836 e. The second-order valence-corrected chi connectivity index (χ2v) is 5.43. The Labute approximate surface area is 95.6 Å². The predicted octanol–water partition coefficient (Wildman–Crippen LogP) is 2.67. The van der Waals surface area contributed by atoms with Gasteiger partial charge in [0.2, 0.25) is 0 Å². The van der Waals surface area contributed by atoms with E-state index in [2.05, 4.69) is 18.3 Å². The van der Waals surface area contributed by atoms with Gasteiger partial charge >= 0.3 is 0 Å². The van der Waals surface area contributed by atoms with E-state index in [1.54, 1.807) is 4.88 Å². The molecule has 1 aromatic rings. The van der Waals surface area contributed by atoms with E-state index in [-0.39, 0.29) is 0 Å². The van der Waals surface area contributed by atoms with E-state index in [1.165, 1.54) is 16.9 Å². The van der Waals surface area contributed by atoms with E-state index >= 15 is 0 Å². The minimum atomic E-state index is 0.354. The maximum atomic E-state index is 5.84. The van der Waals surface area contributed by atoms with Crippen LogP contribution in [0.15, 0.2) is 6.07 Å². The van der Waals surface area contributed by atoms with Crippen molar-refractivity contribution in [3.05, 3.63) is 21.4 Å². The summed E-state index contributed by atoms with van der Waals surface area (Å²) in [4.78, 5) is 2.97. The van der Waals surface area contributed by atoms with Gasteiger partial charge in [-0.25, -0.2) is 0 Å². The van der Waals surface area contributed by atoms with E-state index in [9.17, 15) is 0 Å². The van der Waals surface area contributed by atoms with E-state index in [0.29, 0.717) is 6.10 Å². The van der Waals surface area contributed by atoms with Gasteiger partial charge in [-0.3, -0.25) is 0 Å². The molecule has 3 heteroatoms. The second kappa shape index (κ2) is 5.10. The predicted molar refractivity (Wildman–Crippen MR) is 64.6 cm³/mol. The summed E-state index contributed by atoms with van der Waals surface area (Å²) >= 11 is 1.94. The number of fused-ring (bicyclic) bond motifs is 1. The standard InChI is InChI=1S/C12H19NOS/c1-9-8-10-11(4-3-6-13-2)14-7-5-12(10)15-9/h8,11,13H,3-7H2,1-2H3. The minimum Gasteiger partial charge on any atom is -0.373 e. The van der Waals surface area contributed by atoms with Gasteiger partial charge in [0, 0.05) is 16.2 Å². The van der Waals surface area contributed by atoms with Crippen LogP contribution in [0.3, 0.4) is 0 Å². The first-order valence-corrected chi connectivity index (χ1v) is 6.48. The topological polar surface area (TPSA) is 21.3 Å². The monoisotopic (exact) mass is 225 g/mol. The van der Waals surface area contributed by atoms with Gasteiger partial charge in [-0.2, -0.15) is 0 Å². The normalized spacial score (nSPS) is 20.3. The molecule has 0 saturated carbocycles. The minimum absolute atomic E-state index is 0.354. The SMILES string of the molecule is CNCCCC1OCCc2sc(C)cc21. The van der Waals surface area contributed by atoms with Gasteiger partial charge in [0.05, 0.1) is 12.7 Å². The Morgan fingerprint density at radius 2 is 2.47 bits per heavy atom. The zero-order chi connectivity index (χ0) is 10.7. The van der Waals surface area contributed by atoms with Crippen LogP contribution in [0.2, 0.25) is 0 Å². The fraction of sp³-hybridized carbons (Fsp3) is 0.667. The highest BCUT2D eigenvalue weighted by molar-refractivity contribution is 7.12. The summed E-state index contributed by atoms with van der Waals surface area (Å²) < 4.78 is 5.84. The van der Waals surface area contributed by atoms with Gasteiger partial charge in [-0.15, -0.1) is 11.3 Å². The molecular formula is C12H19NOS. The van der Waals surface area contributed by atoms with Crippen LogP contribution in [0.4, 0.5) is 0 Å². The van der Waals surface area contributed by atoms with E-state index < -0.39 is 0 Å². The Hall–Kier alpha value is -0.380. The molecule has 1 aliphatic heterocycles. The quantitative estimate of drug-likeness (QED) is 0.795. The first-order chi connectivity index (χ1) is 7.31. The lowest BCUT2D eigenvalue weighted by atomic mass is 10.0. The van der Waals surface area contributed by atoms with Crippen molar-refractivity contribution in [3.63, 3.8) is 0 Å². The van der Waals surface area contributed by atoms with Gasteiger partial charge in [0.15, 0.2) is 0 Å². The third-order valence-electron chi connectivity index (χ3n) is 2.85. The Kier molecular flexibility index (Phi) is 3.78. The summed E-state index contributed by atoms with van der Waals surface area (Å²) in [5.74, 6) is 0. The van der Waals surface area contributed by atoms with Gasteiger partial charge in [0.25, 0.3) is 0 Å². The lowest BCUT2D eigenvalue weighted by Gasteiger charge is -2.23. The number of hydrogen-bond donors (Lipinski definition) is 1. The third-order valence-corrected chi connectivity index (χ3v) is 3.98. The van der Waals surface area contributed by atoms with E-state index in [1.807, 2.05) is 18.4 Å². The van der Waals surface area contributed by atoms with E-state index in [4.69, 9.17) is 4.74 Å². The highest BCUT2D eigenvalue weighted by atomic mass is 32.1. The molecule has 0 bridgehead atoms. The number of aryl methyl sites for hydroxylation is 1. The lowest BCUT2D eigenvalue weighted by molar-refractivity contribution is 0.0366. The molecule has 1 N–H and O–H groups in total. The molecular weight excluding hydrogens is 206 g/mol. The van der Waals surface area contributed by atoms with Crippen LogP contribution in [0.1, 0.15) is 34.3 Å². The van der Waals surface area contributed by atoms with Crippen LogP contribution in [-0.2, 0) is 11.2 Å². The van der Waals surface area contributed by atoms with Crippen molar-refractivity contribution in [1.82, 2.24) is 5.32 Å². The van der Waals surface area contributed by atoms with Crippen LogP contribution in [0.5, 0.6) is 0 Å². The molecule has 2 nitrogen and oxygen atoms in total. The summed E-state index contributed by atoms with van der Waals surface area (Å²) in [6, 6.07) is 2.31. The lowest BCUT2D eigenvalue weighted by Crippen LogP contribution is -2.16. The van der Waals surface area contributed by atoms with Crippen molar-refractivity contribution in [3.8, 4) is 0 Å². The van der Waals surface area contributed by atoms with Crippen LogP contribution in [0, 0.1) is 6.92 Å². The zero-order valence-corrected chi connectivity index (χ0v) is 10.3. The number of ether oxygens (including phenoxy) is 1. The molecule has 15 heavy (non-hydrogen) atoms. The molecule has 1 aliphatic rings. The first kappa shape index (κ1) is 11.1. The van der Waals surface area contributed by atoms with Crippen LogP contribution in [-0.4, -0.2) is 20.2 Å². The maximum Gasteiger partial charge on any atom is 0.0836 e. The number of hydrogen-bond acceptors (Lipinski definition) is 3. The molecule has 1 atom stereocenters. The zero-order valence-electron chi connectivity index (χ0n) is 9.51. The fourth-order valence-corrected chi connectivity index (χ4v) is 3.20. The molecule has 0 amide bonds. The average molecular weight is 225 g/mol. The Bertz CT molecular complexity index is 321. The first-order valence-electron chi connectivity index (χ1n) is 5.66. The summed E-state index contributed by atoms with van der Waals surface area (Å²) in [6.07, 6.45) is 3.79. The largest absolute Gasteiger partial charge is 0.373 e. The molecule has 0 spiro atoms. The second-order valence-electron chi connectivity index (χ2n) is 4.09. The van der Waals surface area contributed by atoms with Crippen LogP contribution in [0.25, 0.3) is 0 Å². The molecule has 84 valence electrons. The molecule has 0 fully saturated rings. The number of rotatable bonds is 4. The van der Waals surface area contributed by atoms with Crippen molar-refractivity contribution in [2.45, 2.75) is 32.3 Å². The Morgan fingerprint density at radius 3 is 3.27 bits per heavy atom. The van der Waals surface area contributed by atoms with Crippen molar-refractivity contribution < 1.29 is 4.74 Å². The van der Waals surface area contributed by atoms with Crippen molar-refractivity contribution >= 4 is 11.3 Å². The highest BCUT2D eigenvalue weighted by Crippen LogP contribution is 2.35. The number of nitrogens with one attached hydrogen (secondary N) is 1. The Morgan fingerprint density at radius 1 is 1.60 bits per heavy atom. The van der Waals surface area contributed by atoms with Crippen LogP contribution < -0.4 is 5.32 Å². The molecule has 0 aliphatic carbocycles. The van der Waals surface area contributed by atoms with E-state index in [0.717, 1.165) is 26.0 Å². The molecule has 0 aromatic carbocycles. The molecule has 0 radical (unpaired) electrons. The van der Waals surface area contributed by atoms with Crippen LogP contribution >= 0.6 is 11.3 Å². The summed E-state index contributed by atoms with van der Waals surface area (Å²) in [5, 5.41) is 3.18. The maximum absolute atomic E-state index is 5.84. The van der Waals surface area contributed by atoms with Gasteiger partial charge < -0.3 is 10.1 Å². The van der Waals surface area contributed by atoms with Gasteiger partial charge in [-0.05, 0) is 45.0 Å². The average Bonchev–Trinajstić information content (AvgIpc) is 2.59. The summed E-state index contributed by atoms with van der Waals surface area (Å²) in [5.41, 5.74) is 1.46. The molecule has 1 aromatic heterocycles. The van der Waals surface area contributed by atoms with Gasteiger partial charge in [0.1, 0.15) is 0 Å². The number of thiophene rings is 1. The van der Waals surface area contributed by atoms with Crippen molar-refractivity contribution in [2.75, 3.05) is 20.2 Å². The summed E-state index contributed by atoms with van der Waals surface area (Å²) in [7, 11) is 2.00. The summed E-state index contributed by atoms with van der Waals surface area (Å²) in [6.45, 7) is 4.17. The Balaban J connectivity index is 2.01.